The van der Waals surface area contributed by atoms with Gasteiger partial charge < -0.3 is 25.0 Å². The van der Waals surface area contributed by atoms with E-state index in [-0.39, 0.29) is 25.2 Å². The highest BCUT2D eigenvalue weighted by molar-refractivity contribution is 5.91. The molecular weight excluding hydrogens is 333 g/mol. The van der Waals surface area contributed by atoms with Crippen LogP contribution >= 0.6 is 0 Å². The van der Waals surface area contributed by atoms with Crippen molar-refractivity contribution in [2.24, 2.45) is 0 Å². The Bertz CT molecular complexity index is 631. The first-order valence-electron chi connectivity index (χ1n) is 7.08. The first-order valence-corrected chi connectivity index (χ1v) is 7.08. The summed E-state index contributed by atoms with van der Waals surface area (Å²) < 4.78 is 43.3. The molecule has 3 N–H and O–H groups in total. The minimum Gasteiger partial charge on any atom is -0.465 e. The first kappa shape index (κ1) is 18.0. The number of imidazole rings is 1. The van der Waals surface area contributed by atoms with Crippen LogP contribution in [0.2, 0.25) is 0 Å². The quantitative estimate of drug-likeness (QED) is 0.760. The van der Waals surface area contributed by atoms with Crippen molar-refractivity contribution in [1.29, 1.82) is 0 Å². The average Bonchev–Trinajstić information content (AvgIpc) is 2.89. The second kappa shape index (κ2) is 6.67. The molecule has 2 heterocycles. The van der Waals surface area contributed by atoms with Crippen LogP contribution in [0.1, 0.15) is 28.4 Å². The van der Waals surface area contributed by atoms with Crippen LogP contribution in [0.15, 0.2) is 0 Å². The van der Waals surface area contributed by atoms with Gasteiger partial charge in [-0.3, -0.25) is 4.79 Å². The molecule has 0 aromatic carbocycles. The molecule has 24 heavy (non-hydrogen) atoms. The van der Waals surface area contributed by atoms with Crippen LogP contribution < -0.4 is 5.32 Å². The van der Waals surface area contributed by atoms with Crippen molar-refractivity contribution in [2.75, 3.05) is 20.2 Å². The Balaban J connectivity index is 2.08. The summed E-state index contributed by atoms with van der Waals surface area (Å²) >= 11 is 0. The van der Waals surface area contributed by atoms with E-state index in [1.54, 1.807) is 0 Å². The second-order valence-corrected chi connectivity index (χ2v) is 5.43. The molecule has 11 heteroatoms. The van der Waals surface area contributed by atoms with Crippen LogP contribution in [0.25, 0.3) is 0 Å². The molecule has 0 radical (unpaired) electrons. The highest BCUT2D eigenvalue weighted by Gasteiger charge is 2.38. The molecule has 1 aliphatic heterocycles. The summed E-state index contributed by atoms with van der Waals surface area (Å²) in [6.45, 7) is 1.42. The lowest BCUT2D eigenvalue weighted by atomic mass is 10.0. The summed E-state index contributed by atoms with van der Waals surface area (Å²) in [5, 5.41) is 11.5. The van der Waals surface area contributed by atoms with E-state index < -0.39 is 41.8 Å². The Morgan fingerprint density at radius 2 is 2.12 bits per heavy atom. The van der Waals surface area contributed by atoms with E-state index in [1.165, 1.54) is 14.0 Å². The topological polar surface area (TPSA) is 108 Å². The molecule has 2 atom stereocenters. The molecule has 134 valence electrons. The lowest BCUT2D eigenvalue weighted by Crippen LogP contribution is -2.55. The number of hydrogen-bond donors (Lipinski definition) is 3. The van der Waals surface area contributed by atoms with Crippen molar-refractivity contribution in [3.63, 3.8) is 0 Å². The van der Waals surface area contributed by atoms with Gasteiger partial charge in [0, 0.05) is 19.3 Å². The van der Waals surface area contributed by atoms with E-state index in [4.69, 9.17) is 9.84 Å². The van der Waals surface area contributed by atoms with E-state index in [0.29, 0.717) is 0 Å². The second-order valence-electron chi connectivity index (χ2n) is 5.43. The Hall–Kier alpha value is -2.30. The van der Waals surface area contributed by atoms with E-state index in [9.17, 15) is 22.8 Å². The highest BCUT2D eigenvalue weighted by atomic mass is 19.4. The van der Waals surface area contributed by atoms with Crippen molar-refractivity contribution in [2.45, 2.75) is 31.7 Å². The average molecular weight is 350 g/mol. The summed E-state index contributed by atoms with van der Waals surface area (Å²) in [4.78, 5) is 29.8. The highest BCUT2D eigenvalue weighted by Crippen LogP contribution is 2.30. The van der Waals surface area contributed by atoms with Crippen LogP contribution in [0.5, 0.6) is 0 Å². The van der Waals surface area contributed by atoms with Gasteiger partial charge in [-0.2, -0.15) is 13.2 Å². The maximum absolute atomic E-state index is 12.7. The zero-order valence-electron chi connectivity index (χ0n) is 13.0. The van der Waals surface area contributed by atoms with Crippen molar-refractivity contribution < 1.29 is 32.6 Å². The van der Waals surface area contributed by atoms with Gasteiger partial charge in [0.05, 0.1) is 18.7 Å². The Morgan fingerprint density at radius 1 is 1.46 bits per heavy atom. The van der Waals surface area contributed by atoms with Crippen LogP contribution in [-0.2, 0) is 10.9 Å². The largest absolute Gasteiger partial charge is 0.465 e. The normalized spacial score (nSPS) is 21.6. The number of alkyl halides is 3. The molecule has 1 aromatic rings. The van der Waals surface area contributed by atoms with Gasteiger partial charge in [0.15, 0.2) is 11.5 Å². The van der Waals surface area contributed by atoms with Crippen molar-refractivity contribution in [1.82, 2.24) is 20.2 Å². The number of ether oxygens (including phenoxy) is 1. The number of nitrogens with zero attached hydrogens (tertiary/aromatic N) is 2. The van der Waals surface area contributed by atoms with Crippen molar-refractivity contribution >= 4 is 12.0 Å². The van der Waals surface area contributed by atoms with Gasteiger partial charge >= 0.3 is 12.3 Å². The fraction of sp³-hybridized carbons (Fsp3) is 0.615. The standard InChI is InChI=1S/C13H17F3N4O4/c1-6-9(13(14,15)16)19-10(17-6)11(21)18-7-3-4-20(12(22)23)5-8(7)24-2/h7-8H,3-5H2,1-2H3,(H,17,19)(H,18,21)(H,22,23)/t7-,8+/m0/s1. The Labute approximate surface area is 135 Å². The number of hydrogen-bond acceptors (Lipinski definition) is 4. The molecule has 1 fully saturated rings. The van der Waals surface area contributed by atoms with Crippen LogP contribution in [0.4, 0.5) is 18.0 Å². The third kappa shape index (κ3) is 3.78. The lowest BCUT2D eigenvalue weighted by molar-refractivity contribution is -0.141. The summed E-state index contributed by atoms with van der Waals surface area (Å²) in [5.41, 5.74) is -1.40. The van der Waals surface area contributed by atoms with Crippen LogP contribution in [-0.4, -0.2) is 64.3 Å². The van der Waals surface area contributed by atoms with Crippen LogP contribution in [0.3, 0.4) is 0 Å². The van der Waals surface area contributed by atoms with Crippen LogP contribution in [0, 0.1) is 6.92 Å². The van der Waals surface area contributed by atoms with Gasteiger partial charge in [-0.1, -0.05) is 0 Å². The summed E-state index contributed by atoms with van der Waals surface area (Å²) in [5.74, 6) is -1.25. The lowest BCUT2D eigenvalue weighted by Gasteiger charge is -2.36. The van der Waals surface area contributed by atoms with Crippen molar-refractivity contribution in [3.05, 3.63) is 17.2 Å². The Kier molecular flexibility index (Phi) is 5.02. The number of H-pyrrole nitrogens is 1. The molecule has 0 spiro atoms. The molecule has 0 unspecified atom stereocenters. The number of aryl methyl sites for hydroxylation is 1. The molecule has 8 nitrogen and oxygen atoms in total. The number of carboxylic acid groups (broad SMARTS) is 1. The number of rotatable bonds is 3. The smallest absolute Gasteiger partial charge is 0.435 e. The zero-order chi connectivity index (χ0) is 18.1. The molecule has 0 bridgehead atoms. The predicted molar refractivity (Wildman–Crippen MR) is 74.6 cm³/mol. The number of likely N-dealkylation sites (tertiary alicyclic amines) is 1. The van der Waals surface area contributed by atoms with E-state index in [2.05, 4.69) is 15.3 Å². The van der Waals surface area contributed by atoms with Gasteiger partial charge in [-0.05, 0) is 13.3 Å². The minimum absolute atomic E-state index is 0.0573. The number of nitrogens with one attached hydrogen (secondary N) is 2. The van der Waals surface area contributed by atoms with E-state index in [0.717, 1.165) is 4.90 Å². The number of aromatic nitrogens is 2. The molecule has 1 aromatic heterocycles. The number of methoxy groups -OCH3 is 1. The molecular formula is C13H17F3N4O4. The monoisotopic (exact) mass is 350 g/mol. The number of carbonyl (C=O) groups excluding carboxylic acids is 1. The molecule has 2 rings (SSSR count). The van der Waals surface area contributed by atoms with Gasteiger partial charge in [0.25, 0.3) is 5.91 Å². The summed E-state index contributed by atoms with van der Waals surface area (Å²) in [6.07, 6.45) is -6.07. The molecule has 0 saturated carbocycles. The van der Waals surface area contributed by atoms with Crippen molar-refractivity contribution in [3.8, 4) is 0 Å². The summed E-state index contributed by atoms with van der Waals surface area (Å²) in [7, 11) is 1.37. The fourth-order valence-electron chi connectivity index (χ4n) is 2.57. The van der Waals surface area contributed by atoms with E-state index >= 15 is 0 Å². The van der Waals surface area contributed by atoms with Gasteiger partial charge in [-0.25, -0.2) is 9.78 Å². The third-order valence-electron chi connectivity index (χ3n) is 3.82. The molecule has 1 aliphatic rings. The summed E-state index contributed by atoms with van der Waals surface area (Å²) in [6, 6.07) is -0.530. The predicted octanol–water partition coefficient (Wildman–Crippen LogP) is 1.23. The fourth-order valence-corrected chi connectivity index (χ4v) is 2.57. The minimum atomic E-state index is -4.65. The zero-order valence-corrected chi connectivity index (χ0v) is 13.0. The number of halogens is 3. The third-order valence-corrected chi connectivity index (χ3v) is 3.82. The van der Waals surface area contributed by atoms with Gasteiger partial charge in [0.1, 0.15) is 0 Å². The number of aromatic amines is 1. The maximum Gasteiger partial charge on any atom is 0.435 e. The van der Waals surface area contributed by atoms with E-state index in [1.807, 2.05) is 0 Å². The number of carbonyl (C=O) groups is 2. The number of amides is 2. The molecule has 2 amide bonds. The first-order chi connectivity index (χ1) is 11.1. The van der Waals surface area contributed by atoms with Gasteiger partial charge in [0.2, 0.25) is 0 Å². The maximum atomic E-state index is 12.7. The molecule has 1 saturated heterocycles. The SMILES string of the molecule is CO[C@@H]1CN(C(=O)O)CC[C@@H]1NC(=O)c1nc(C(F)(F)F)c(C)[nH]1. The number of piperidine rings is 1. The Morgan fingerprint density at radius 3 is 2.62 bits per heavy atom. The van der Waals surface area contributed by atoms with Gasteiger partial charge in [-0.15, -0.1) is 0 Å². The molecule has 0 aliphatic carbocycles.